The summed E-state index contributed by atoms with van der Waals surface area (Å²) >= 11 is 0. The van der Waals surface area contributed by atoms with E-state index in [0.717, 1.165) is 25.5 Å². The zero-order chi connectivity index (χ0) is 9.19. The van der Waals surface area contributed by atoms with Crippen LogP contribution in [0.1, 0.15) is 33.6 Å². The number of ether oxygens (including phenoxy) is 1. The summed E-state index contributed by atoms with van der Waals surface area (Å²) in [6, 6.07) is 0. The number of nitrogens with two attached hydrogens (primary N) is 1. The predicted molar refractivity (Wildman–Crippen MR) is 51.0 cm³/mol. The Morgan fingerprint density at radius 2 is 2.25 bits per heavy atom. The second-order valence-electron chi connectivity index (χ2n) is 4.57. The van der Waals surface area contributed by atoms with Crippen molar-refractivity contribution in [3.05, 3.63) is 0 Å². The first-order valence-electron chi connectivity index (χ1n) is 4.89. The quantitative estimate of drug-likeness (QED) is 0.687. The van der Waals surface area contributed by atoms with Gasteiger partial charge in [0.25, 0.3) is 0 Å². The molecule has 0 aromatic heterocycles. The van der Waals surface area contributed by atoms with E-state index < -0.39 is 0 Å². The lowest BCUT2D eigenvalue weighted by Gasteiger charge is -2.37. The van der Waals surface area contributed by atoms with Crippen molar-refractivity contribution in [2.45, 2.75) is 39.2 Å². The largest absolute Gasteiger partial charge is 0.376 e. The highest BCUT2D eigenvalue weighted by Gasteiger charge is 2.30. The molecule has 0 saturated carbocycles. The van der Waals surface area contributed by atoms with E-state index in [9.17, 15) is 0 Å². The molecule has 2 unspecified atom stereocenters. The van der Waals surface area contributed by atoms with Crippen molar-refractivity contribution in [2.24, 2.45) is 17.6 Å². The Kier molecular flexibility index (Phi) is 3.13. The van der Waals surface area contributed by atoms with Gasteiger partial charge in [0.05, 0.1) is 5.60 Å². The molecule has 2 nitrogen and oxygen atoms in total. The van der Waals surface area contributed by atoms with Crippen LogP contribution in [0, 0.1) is 11.8 Å². The van der Waals surface area contributed by atoms with E-state index in [1.54, 1.807) is 0 Å². The Morgan fingerprint density at radius 3 is 2.75 bits per heavy atom. The molecule has 0 bridgehead atoms. The van der Waals surface area contributed by atoms with E-state index in [0.29, 0.717) is 5.92 Å². The summed E-state index contributed by atoms with van der Waals surface area (Å²) in [7, 11) is 0. The first-order valence-corrected chi connectivity index (χ1v) is 4.89. The lowest BCUT2D eigenvalue weighted by molar-refractivity contribution is -0.0805. The van der Waals surface area contributed by atoms with E-state index >= 15 is 0 Å². The van der Waals surface area contributed by atoms with Gasteiger partial charge in [0.15, 0.2) is 0 Å². The third-order valence-corrected chi connectivity index (χ3v) is 2.91. The van der Waals surface area contributed by atoms with Gasteiger partial charge >= 0.3 is 0 Å². The summed E-state index contributed by atoms with van der Waals surface area (Å²) in [4.78, 5) is 0. The van der Waals surface area contributed by atoms with Crippen molar-refractivity contribution in [2.75, 3.05) is 13.2 Å². The Bertz CT molecular complexity index is 145. The van der Waals surface area contributed by atoms with Crippen LogP contribution in [0.5, 0.6) is 0 Å². The molecule has 0 aromatic rings. The fraction of sp³-hybridized carbons (Fsp3) is 1.00. The van der Waals surface area contributed by atoms with Crippen molar-refractivity contribution in [3.8, 4) is 0 Å². The minimum atomic E-state index is 0.0757. The van der Waals surface area contributed by atoms with Crippen molar-refractivity contribution in [1.29, 1.82) is 0 Å². The van der Waals surface area contributed by atoms with Crippen LogP contribution in [0.25, 0.3) is 0 Å². The molecule has 1 fully saturated rings. The highest BCUT2D eigenvalue weighted by molar-refractivity contribution is 4.81. The van der Waals surface area contributed by atoms with Gasteiger partial charge in [0.1, 0.15) is 0 Å². The van der Waals surface area contributed by atoms with Gasteiger partial charge in [-0.2, -0.15) is 0 Å². The molecule has 1 saturated heterocycles. The van der Waals surface area contributed by atoms with Crippen LogP contribution in [0.15, 0.2) is 0 Å². The first-order chi connectivity index (χ1) is 5.55. The second kappa shape index (κ2) is 3.75. The zero-order valence-corrected chi connectivity index (χ0v) is 8.47. The molecule has 0 amide bonds. The molecule has 0 spiro atoms. The van der Waals surface area contributed by atoms with E-state index in [2.05, 4.69) is 20.8 Å². The molecule has 0 aromatic carbocycles. The highest BCUT2D eigenvalue weighted by Crippen LogP contribution is 2.32. The molecule has 1 aliphatic rings. The van der Waals surface area contributed by atoms with Gasteiger partial charge in [-0.1, -0.05) is 6.92 Å². The number of hydrogen-bond donors (Lipinski definition) is 1. The number of rotatable bonds is 2. The minimum Gasteiger partial charge on any atom is -0.376 e. The number of hydrogen-bond acceptors (Lipinski definition) is 2. The fourth-order valence-corrected chi connectivity index (χ4v) is 1.96. The van der Waals surface area contributed by atoms with Crippen LogP contribution in [-0.4, -0.2) is 18.8 Å². The maximum atomic E-state index is 5.65. The summed E-state index contributed by atoms with van der Waals surface area (Å²) < 4.78 is 5.65. The summed E-state index contributed by atoms with van der Waals surface area (Å²) in [5, 5.41) is 0. The molecule has 0 aliphatic carbocycles. The summed E-state index contributed by atoms with van der Waals surface area (Å²) in [6.45, 7) is 8.29. The molecule has 2 atom stereocenters. The third-order valence-electron chi connectivity index (χ3n) is 2.91. The van der Waals surface area contributed by atoms with Crippen LogP contribution >= 0.6 is 0 Å². The molecule has 2 N–H and O–H groups in total. The summed E-state index contributed by atoms with van der Waals surface area (Å²) in [5.41, 5.74) is 5.73. The smallest absolute Gasteiger partial charge is 0.0629 e. The molecule has 0 radical (unpaired) electrons. The molecule has 1 heterocycles. The van der Waals surface area contributed by atoms with Crippen molar-refractivity contribution in [1.82, 2.24) is 0 Å². The maximum absolute atomic E-state index is 5.65. The fourth-order valence-electron chi connectivity index (χ4n) is 1.96. The monoisotopic (exact) mass is 171 g/mol. The Morgan fingerprint density at radius 1 is 1.58 bits per heavy atom. The van der Waals surface area contributed by atoms with Gasteiger partial charge in [-0.3, -0.25) is 0 Å². The third kappa shape index (κ3) is 2.46. The topological polar surface area (TPSA) is 35.2 Å². The maximum Gasteiger partial charge on any atom is 0.0629 e. The standard InChI is InChI=1S/C10H21NO/c1-8(7-11)9-4-5-12-10(2,3)6-9/h8-9H,4-7,11H2,1-3H3. The Labute approximate surface area is 75.5 Å². The Balaban J connectivity index is 2.46. The minimum absolute atomic E-state index is 0.0757. The van der Waals surface area contributed by atoms with Crippen LogP contribution in [0.4, 0.5) is 0 Å². The van der Waals surface area contributed by atoms with E-state index in [1.165, 1.54) is 6.42 Å². The first kappa shape index (κ1) is 10.0. The Hall–Kier alpha value is -0.0800. The zero-order valence-electron chi connectivity index (χ0n) is 8.47. The van der Waals surface area contributed by atoms with Gasteiger partial charge in [0.2, 0.25) is 0 Å². The average Bonchev–Trinajstić information content (AvgIpc) is 2.01. The SMILES string of the molecule is CC(CN)C1CCOC(C)(C)C1. The molecule has 72 valence electrons. The molecular formula is C10H21NO. The summed E-state index contributed by atoms with van der Waals surface area (Å²) in [6.07, 6.45) is 2.34. The molecule has 2 heteroatoms. The second-order valence-corrected chi connectivity index (χ2v) is 4.57. The normalized spacial score (nSPS) is 31.5. The lowest BCUT2D eigenvalue weighted by atomic mass is 9.80. The van der Waals surface area contributed by atoms with Gasteiger partial charge in [-0.05, 0) is 45.1 Å². The van der Waals surface area contributed by atoms with Gasteiger partial charge in [-0.15, -0.1) is 0 Å². The highest BCUT2D eigenvalue weighted by atomic mass is 16.5. The van der Waals surface area contributed by atoms with E-state index in [-0.39, 0.29) is 5.60 Å². The lowest BCUT2D eigenvalue weighted by Crippen LogP contribution is -2.37. The molecule has 12 heavy (non-hydrogen) atoms. The molecule has 1 rings (SSSR count). The van der Waals surface area contributed by atoms with Crippen LogP contribution in [0.3, 0.4) is 0 Å². The van der Waals surface area contributed by atoms with Gasteiger partial charge in [0, 0.05) is 6.61 Å². The molecular weight excluding hydrogens is 150 g/mol. The van der Waals surface area contributed by atoms with Crippen LogP contribution < -0.4 is 5.73 Å². The van der Waals surface area contributed by atoms with Gasteiger partial charge in [-0.25, -0.2) is 0 Å². The molecule has 1 aliphatic heterocycles. The van der Waals surface area contributed by atoms with Crippen LogP contribution in [-0.2, 0) is 4.74 Å². The van der Waals surface area contributed by atoms with Gasteiger partial charge < -0.3 is 10.5 Å². The van der Waals surface area contributed by atoms with E-state index in [1.807, 2.05) is 0 Å². The van der Waals surface area contributed by atoms with Crippen LogP contribution in [0.2, 0.25) is 0 Å². The van der Waals surface area contributed by atoms with Crippen molar-refractivity contribution >= 4 is 0 Å². The van der Waals surface area contributed by atoms with Crippen molar-refractivity contribution < 1.29 is 4.74 Å². The summed E-state index contributed by atoms with van der Waals surface area (Å²) in [5.74, 6) is 1.41. The predicted octanol–water partition coefficient (Wildman–Crippen LogP) is 1.79. The van der Waals surface area contributed by atoms with Crippen molar-refractivity contribution in [3.63, 3.8) is 0 Å². The van der Waals surface area contributed by atoms with E-state index in [4.69, 9.17) is 10.5 Å². The average molecular weight is 171 g/mol.